The van der Waals surface area contributed by atoms with Gasteiger partial charge in [-0.05, 0) is 7.05 Å². The van der Waals surface area contributed by atoms with Crippen molar-refractivity contribution in [1.29, 1.82) is 0 Å². The third-order valence-corrected chi connectivity index (χ3v) is 1.98. The fourth-order valence-corrected chi connectivity index (χ4v) is 1.29. The zero-order valence-electron chi connectivity index (χ0n) is 7.29. The van der Waals surface area contributed by atoms with E-state index in [0.29, 0.717) is 0 Å². The number of carbonyl (C=O) groups is 1. The van der Waals surface area contributed by atoms with Gasteiger partial charge in [0.05, 0.1) is 0 Å². The van der Waals surface area contributed by atoms with E-state index < -0.39 is 5.97 Å². The summed E-state index contributed by atoms with van der Waals surface area (Å²) in [4.78, 5) is 14.3. The molecule has 0 aromatic heterocycles. The van der Waals surface area contributed by atoms with Gasteiger partial charge in [0.15, 0.2) is 0 Å². The maximum atomic E-state index is 10.4. The Morgan fingerprint density at radius 3 is 2.83 bits per heavy atom. The Morgan fingerprint density at radius 2 is 2.33 bits per heavy atom. The SMILES string of the molecule is C=C1CN(C)CCN1CC(=O)O. The fourth-order valence-electron chi connectivity index (χ4n) is 1.29. The average Bonchev–Trinajstić information content (AvgIpc) is 1.94. The van der Waals surface area contributed by atoms with Crippen LogP contribution in [0, 0.1) is 0 Å². The van der Waals surface area contributed by atoms with Crippen LogP contribution in [0.4, 0.5) is 0 Å². The van der Waals surface area contributed by atoms with E-state index in [-0.39, 0.29) is 6.54 Å². The normalized spacial score (nSPS) is 19.8. The van der Waals surface area contributed by atoms with Crippen LogP contribution in [0.25, 0.3) is 0 Å². The van der Waals surface area contributed by atoms with Gasteiger partial charge >= 0.3 is 5.97 Å². The lowest BCUT2D eigenvalue weighted by atomic mass is 10.3. The molecule has 4 heteroatoms. The predicted octanol–water partition coefficient (Wildman–Crippen LogP) is -0.168. The van der Waals surface area contributed by atoms with Crippen LogP contribution in [0.2, 0.25) is 0 Å². The molecular weight excluding hydrogens is 156 g/mol. The first-order chi connectivity index (χ1) is 5.59. The summed E-state index contributed by atoms with van der Waals surface area (Å²) in [7, 11) is 2.00. The van der Waals surface area contributed by atoms with Gasteiger partial charge in [-0.2, -0.15) is 0 Å². The summed E-state index contributed by atoms with van der Waals surface area (Å²) < 4.78 is 0. The van der Waals surface area contributed by atoms with Crippen molar-refractivity contribution >= 4 is 5.97 Å². The predicted molar refractivity (Wildman–Crippen MR) is 45.8 cm³/mol. The van der Waals surface area contributed by atoms with Crippen molar-refractivity contribution in [2.45, 2.75) is 0 Å². The molecule has 1 heterocycles. The lowest BCUT2D eigenvalue weighted by Crippen LogP contribution is -2.44. The number of rotatable bonds is 2. The number of carboxylic acids is 1. The Kier molecular flexibility index (Phi) is 2.70. The van der Waals surface area contributed by atoms with Crippen molar-refractivity contribution in [1.82, 2.24) is 9.80 Å². The Hall–Kier alpha value is -1.03. The summed E-state index contributed by atoms with van der Waals surface area (Å²) in [6.07, 6.45) is 0. The summed E-state index contributed by atoms with van der Waals surface area (Å²) in [5.41, 5.74) is 0.895. The number of carboxylic acid groups (broad SMARTS) is 1. The van der Waals surface area contributed by atoms with Crippen LogP contribution in [0.15, 0.2) is 12.3 Å². The average molecular weight is 170 g/mol. The molecule has 0 unspecified atom stereocenters. The number of piperazine rings is 1. The molecule has 0 aromatic rings. The van der Waals surface area contributed by atoms with E-state index in [1.54, 1.807) is 0 Å². The fraction of sp³-hybridized carbons (Fsp3) is 0.625. The van der Waals surface area contributed by atoms with Crippen molar-refractivity contribution in [2.75, 3.05) is 33.2 Å². The van der Waals surface area contributed by atoms with Crippen LogP contribution in [0.5, 0.6) is 0 Å². The molecule has 12 heavy (non-hydrogen) atoms. The van der Waals surface area contributed by atoms with Gasteiger partial charge in [-0.25, -0.2) is 0 Å². The molecule has 0 bridgehead atoms. The highest BCUT2D eigenvalue weighted by Crippen LogP contribution is 2.08. The van der Waals surface area contributed by atoms with E-state index in [2.05, 4.69) is 11.5 Å². The Morgan fingerprint density at radius 1 is 1.67 bits per heavy atom. The highest BCUT2D eigenvalue weighted by Gasteiger charge is 2.18. The highest BCUT2D eigenvalue weighted by molar-refractivity contribution is 5.69. The lowest BCUT2D eigenvalue weighted by Gasteiger charge is -2.34. The van der Waals surface area contributed by atoms with Gasteiger partial charge in [-0.3, -0.25) is 9.69 Å². The third-order valence-electron chi connectivity index (χ3n) is 1.98. The summed E-state index contributed by atoms with van der Waals surface area (Å²) in [6, 6.07) is 0. The standard InChI is InChI=1S/C8H14N2O2/c1-7-5-9(2)3-4-10(7)6-8(11)12/h1,3-6H2,2H3,(H,11,12). The molecule has 0 atom stereocenters. The van der Waals surface area contributed by atoms with Crippen LogP contribution in [-0.2, 0) is 4.79 Å². The maximum Gasteiger partial charge on any atom is 0.323 e. The molecule has 1 fully saturated rings. The molecule has 0 aliphatic carbocycles. The molecule has 1 aliphatic rings. The molecule has 4 nitrogen and oxygen atoms in total. The van der Waals surface area contributed by atoms with E-state index in [4.69, 9.17) is 5.11 Å². The molecule has 0 spiro atoms. The molecule has 1 N–H and O–H groups in total. The van der Waals surface area contributed by atoms with Crippen LogP contribution in [0.1, 0.15) is 0 Å². The largest absolute Gasteiger partial charge is 0.480 e. The van der Waals surface area contributed by atoms with Gasteiger partial charge < -0.3 is 10.0 Å². The van der Waals surface area contributed by atoms with E-state index in [9.17, 15) is 4.79 Å². The molecule has 0 radical (unpaired) electrons. The Labute approximate surface area is 72.1 Å². The summed E-state index contributed by atoms with van der Waals surface area (Å²) >= 11 is 0. The second-order valence-corrected chi connectivity index (χ2v) is 3.12. The Bertz CT molecular complexity index is 203. The monoisotopic (exact) mass is 170 g/mol. The molecule has 68 valence electrons. The van der Waals surface area contributed by atoms with E-state index in [0.717, 1.165) is 25.3 Å². The molecule has 0 saturated carbocycles. The minimum absolute atomic E-state index is 0.0761. The number of hydrogen-bond donors (Lipinski definition) is 1. The second kappa shape index (κ2) is 3.58. The zero-order chi connectivity index (χ0) is 9.14. The van der Waals surface area contributed by atoms with Gasteiger partial charge in [0.2, 0.25) is 0 Å². The van der Waals surface area contributed by atoms with Crippen molar-refractivity contribution < 1.29 is 9.90 Å². The van der Waals surface area contributed by atoms with Crippen molar-refractivity contribution in [2.24, 2.45) is 0 Å². The van der Waals surface area contributed by atoms with Crippen LogP contribution >= 0.6 is 0 Å². The summed E-state index contributed by atoms with van der Waals surface area (Å²) in [6.45, 7) is 6.34. The van der Waals surface area contributed by atoms with Crippen LogP contribution in [-0.4, -0.2) is 54.1 Å². The van der Waals surface area contributed by atoms with Gasteiger partial charge in [-0.1, -0.05) is 6.58 Å². The van der Waals surface area contributed by atoms with Crippen LogP contribution in [0.3, 0.4) is 0 Å². The van der Waals surface area contributed by atoms with Gasteiger partial charge in [0.1, 0.15) is 6.54 Å². The second-order valence-electron chi connectivity index (χ2n) is 3.12. The molecule has 1 rings (SSSR count). The van der Waals surface area contributed by atoms with Gasteiger partial charge in [0.25, 0.3) is 0 Å². The van der Waals surface area contributed by atoms with Gasteiger partial charge in [0, 0.05) is 25.3 Å². The number of hydrogen-bond acceptors (Lipinski definition) is 3. The minimum atomic E-state index is -0.791. The van der Waals surface area contributed by atoms with E-state index in [1.165, 1.54) is 0 Å². The number of aliphatic carboxylic acids is 1. The molecule has 1 saturated heterocycles. The first-order valence-electron chi connectivity index (χ1n) is 3.92. The number of likely N-dealkylation sites (N-methyl/N-ethyl adjacent to an activating group) is 1. The topological polar surface area (TPSA) is 43.8 Å². The van der Waals surface area contributed by atoms with Crippen LogP contribution < -0.4 is 0 Å². The highest BCUT2D eigenvalue weighted by atomic mass is 16.4. The van der Waals surface area contributed by atoms with Crippen molar-refractivity contribution in [3.63, 3.8) is 0 Å². The molecular formula is C8H14N2O2. The zero-order valence-corrected chi connectivity index (χ0v) is 7.29. The third kappa shape index (κ3) is 2.23. The van der Waals surface area contributed by atoms with Crippen molar-refractivity contribution in [3.8, 4) is 0 Å². The van der Waals surface area contributed by atoms with Gasteiger partial charge in [-0.15, -0.1) is 0 Å². The summed E-state index contributed by atoms with van der Waals surface area (Å²) in [5.74, 6) is -0.791. The first kappa shape index (κ1) is 9.06. The maximum absolute atomic E-state index is 10.4. The minimum Gasteiger partial charge on any atom is -0.480 e. The lowest BCUT2D eigenvalue weighted by molar-refractivity contribution is -0.138. The van der Waals surface area contributed by atoms with Crippen molar-refractivity contribution in [3.05, 3.63) is 12.3 Å². The quantitative estimate of drug-likeness (QED) is 0.625. The molecule has 1 aliphatic heterocycles. The van der Waals surface area contributed by atoms with E-state index in [1.807, 2.05) is 11.9 Å². The smallest absolute Gasteiger partial charge is 0.323 e. The molecule has 0 aromatic carbocycles. The first-order valence-corrected chi connectivity index (χ1v) is 3.92. The Balaban J connectivity index is 2.45. The molecule has 0 amide bonds. The number of nitrogens with zero attached hydrogens (tertiary/aromatic N) is 2. The summed E-state index contributed by atoms with van der Waals surface area (Å²) in [5, 5.41) is 8.55. The van der Waals surface area contributed by atoms with E-state index >= 15 is 0 Å².